The van der Waals surface area contributed by atoms with Crippen LogP contribution in [-0.2, 0) is 11.0 Å². The summed E-state index contributed by atoms with van der Waals surface area (Å²) in [4.78, 5) is 10.2. The smallest absolute Gasteiger partial charge is 0.416 e. The molecule has 0 bridgehead atoms. The van der Waals surface area contributed by atoms with Gasteiger partial charge in [0.15, 0.2) is 0 Å². The van der Waals surface area contributed by atoms with Gasteiger partial charge in [0.2, 0.25) is 0 Å². The van der Waals surface area contributed by atoms with Crippen molar-refractivity contribution < 1.29 is 27.5 Å². The van der Waals surface area contributed by atoms with E-state index in [4.69, 9.17) is 5.11 Å². The van der Waals surface area contributed by atoms with Gasteiger partial charge in [-0.1, -0.05) is 0 Å². The number of carboxylic acids is 1. The van der Waals surface area contributed by atoms with Gasteiger partial charge in [0.05, 0.1) is 5.56 Å². The molecule has 1 rings (SSSR count). The molecule has 1 aromatic carbocycles. The van der Waals surface area contributed by atoms with E-state index in [0.717, 1.165) is 0 Å². The molecule has 0 radical (unpaired) electrons. The van der Waals surface area contributed by atoms with E-state index < -0.39 is 29.1 Å². The third-order valence-corrected chi connectivity index (χ3v) is 1.72. The SMILES string of the molecule is O=C(O)C=Cc1cc(F)ccc1C(F)(F)F. The summed E-state index contributed by atoms with van der Waals surface area (Å²) >= 11 is 0. The van der Waals surface area contributed by atoms with Crippen LogP contribution in [0.15, 0.2) is 24.3 Å². The van der Waals surface area contributed by atoms with Gasteiger partial charge in [-0.15, -0.1) is 0 Å². The topological polar surface area (TPSA) is 37.3 Å². The van der Waals surface area contributed by atoms with Crippen molar-refractivity contribution in [3.05, 3.63) is 41.2 Å². The average molecular weight is 234 g/mol. The van der Waals surface area contributed by atoms with Crippen molar-refractivity contribution in [1.29, 1.82) is 0 Å². The molecular formula is C10H6F4O2. The van der Waals surface area contributed by atoms with Crippen LogP contribution in [0.5, 0.6) is 0 Å². The molecule has 0 saturated heterocycles. The van der Waals surface area contributed by atoms with Crippen LogP contribution < -0.4 is 0 Å². The molecule has 0 aliphatic rings. The van der Waals surface area contributed by atoms with E-state index in [1.54, 1.807) is 0 Å². The number of alkyl halides is 3. The van der Waals surface area contributed by atoms with Crippen molar-refractivity contribution >= 4 is 12.0 Å². The van der Waals surface area contributed by atoms with Crippen molar-refractivity contribution in [1.82, 2.24) is 0 Å². The normalized spacial score (nSPS) is 12.0. The molecule has 86 valence electrons. The molecule has 0 amide bonds. The van der Waals surface area contributed by atoms with E-state index in [0.29, 0.717) is 30.4 Å². The van der Waals surface area contributed by atoms with Crippen molar-refractivity contribution in [3.8, 4) is 0 Å². The minimum atomic E-state index is -4.65. The molecule has 0 unspecified atom stereocenters. The lowest BCUT2D eigenvalue weighted by atomic mass is 10.1. The zero-order valence-electron chi connectivity index (χ0n) is 7.75. The van der Waals surface area contributed by atoms with Crippen molar-refractivity contribution in [2.45, 2.75) is 6.18 Å². The fourth-order valence-corrected chi connectivity index (χ4v) is 1.09. The average Bonchev–Trinajstić information content (AvgIpc) is 2.12. The molecule has 0 saturated carbocycles. The summed E-state index contributed by atoms with van der Waals surface area (Å²) in [5.74, 6) is -2.27. The first-order chi connectivity index (χ1) is 7.30. The Hall–Kier alpha value is -1.85. The molecule has 0 heterocycles. The van der Waals surface area contributed by atoms with E-state index in [2.05, 4.69) is 0 Å². The fourth-order valence-electron chi connectivity index (χ4n) is 1.09. The third kappa shape index (κ3) is 3.08. The Morgan fingerprint density at radius 3 is 2.44 bits per heavy atom. The van der Waals surface area contributed by atoms with Crippen LogP contribution in [0.3, 0.4) is 0 Å². The highest BCUT2D eigenvalue weighted by Gasteiger charge is 2.32. The predicted octanol–water partition coefficient (Wildman–Crippen LogP) is 2.94. The summed E-state index contributed by atoms with van der Waals surface area (Å²) in [5.41, 5.74) is -1.60. The van der Waals surface area contributed by atoms with Gasteiger partial charge in [-0.05, 0) is 29.8 Å². The zero-order valence-corrected chi connectivity index (χ0v) is 7.75. The second kappa shape index (κ2) is 4.34. The van der Waals surface area contributed by atoms with Gasteiger partial charge in [0.1, 0.15) is 5.82 Å². The number of carbonyl (C=O) groups is 1. The van der Waals surface area contributed by atoms with Crippen LogP contribution in [0.25, 0.3) is 6.08 Å². The van der Waals surface area contributed by atoms with Crippen molar-refractivity contribution in [3.63, 3.8) is 0 Å². The van der Waals surface area contributed by atoms with Crippen LogP contribution in [0.4, 0.5) is 17.6 Å². The van der Waals surface area contributed by atoms with E-state index in [1.165, 1.54) is 0 Å². The lowest BCUT2D eigenvalue weighted by Gasteiger charge is -2.09. The molecule has 6 heteroatoms. The second-order valence-corrected chi connectivity index (χ2v) is 2.90. The van der Waals surface area contributed by atoms with Crippen LogP contribution in [0.2, 0.25) is 0 Å². The Bertz CT molecular complexity index is 435. The van der Waals surface area contributed by atoms with E-state index in [-0.39, 0.29) is 0 Å². The maximum Gasteiger partial charge on any atom is 0.416 e. The zero-order chi connectivity index (χ0) is 12.3. The summed E-state index contributed by atoms with van der Waals surface area (Å²) in [6, 6.07) is 1.86. The number of carboxylic acid groups (broad SMARTS) is 1. The van der Waals surface area contributed by atoms with Gasteiger partial charge in [-0.2, -0.15) is 13.2 Å². The van der Waals surface area contributed by atoms with Crippen LogP contribution in [0, 0.1) is 5.82 Å². The largest absolute Gasteiger partial charge is 0.478 e. The molecule has 1 aromatic rings. The van der Waals surface area contributed by atoms with Crippen molar-refractivity contribution in [2.75, 3.05) is 0 Å². The Morgan fingerprint density at radius 2 is 1.94 bits per heavy atom. The number of rotatable bonds is 2. The molecular weight excluding hydrogens is 228 g/mol. The lowest BCUT2D eigenvalue weighted by molar-refractivity contribution is -0.138. The van der Waals surface area contributed by atoms with Gasteiger partial charge in [0, 0.05) is 6.08 Å². The number of halogens is 4. The van der Waals surface area contributed by atoms with Crippen LogP contribution >= 0.6 is 0 Å². The summed E-state index contributed by atoms with van der Waals surface area (Å²) in [6.45, 7) is 0. The first kappa shape index (κ1) is 12.2. The second-order valence-electron chi connectivity index (χ2n) is 2.90. The maximum atomic E-state index is 12.7. The molecule has 0 spiro atoms. The van der Waals surface area contributed by atoms with Gasteiger partial charge < -0.3 is 5.11 Å². The Balaban J connectivity index is 3.24. The minimum absolute atomic E-state index is 0.518. The van der Waals surface area contributed by atoms with Gasteiger partial charge in [-0.3, -0.25) is 0 Å². The molecule has 2 nitrogen and oxygen atoms in total. The quantitative estimate of drug-likeness (QED) is 0.631. The van der Waals surface area contributed by atoms with Crippen LogP contribution in [-0.4, -0.2) is 11.1 Å². The highest BCUT2D eigenvalue weighted by Crippen LogP contribution is 2.32. The standard InChI is InChI=1S/C10H6F4O2/c11-7-2-3-8(10(12,13)14)6(5-7)1-4-9(15)16/h1-5H,(H,15,16). The van der Waals surface area contributed by atoms with Crippen molar-refractivity contribution in [2.24, 2.45) is 0 Å². The Morgan fingerprint density at radius 1 is 1.31 bits per heavy atom. The number of hydrogen-bond donors (Lipinski definition) is 1. The number of hydrogen-bond acceptors (Lipinski definition) is 1. The van der Waals surface area contributed by atoms with E-state index in [1.807, 2.05) is 0 Å². The maximum absolute atomic E-state index is 12.7. The Kier molecular flexibility index (Phi) is 3.31. The lowest BCUT2D eigenvalue weighted by Crippen LogP contribution is -2.07. The van der Waals surface area contributed by atoms with E-state index in [9.17, 15) is 22.4 Å². The number of benzene rings is 1. The monoisotopic (exact) mass is 234 g/mol. The predicted molar refractivity (Wildman–Crippen MR) is 48.1 cm³/mol. The fraction of sp³-hybridized carbons (Fsp3) is 0.100. The highest BCUT2D eigenvalue weighted by atomic mass is 19.4. The first-order valence-electron chi connectivity index (χ1n) is 4.08. The van der Waals surface area contributed by atoms with Gasteiger partial charge in [-0.25, -0.2) is 9.18 Å². The molecule has 0 atom stereocenters. The summed E-state index contributed by atoms with van der Waals surface area (Å²) < 4.78 is 49.9. The molecule has 16 heavy (non-hydrogen) atoms. The number of aliphatic carboxylic acids is 1. The van der Waals surface area contributed by atoms with Gasteiger partial charge >= 0.3 is 12.1 Å². The minimum Gasteiger partial charge on any atom is -0.478 e. The molecule has 0 aliphatic carbocycles. The van der Waals surface area contributed by atoms with Gasteiger partial charge in [0.25, 0.3) is 0 Å². The highest BCUT2D eigenvalue weighted by molar-refractivity contribution is 5.85. The summed E-state index contributed by atoms with van der Waals surface area (Å²) in [6.07, 6.45) is -3.43. The Labute approximate surface area is 87.8 Å². The van der Waals surface area contributed by atoms with E-state index >= 15 is 0 Å². The third-order valence-electron chi connectivity index (χ3n) is 1.72. The van der Waals surface area contributed by atoms with Crippen LogP contribution in [0.1, 0.15) is 11.1 Å². The summed E-state index contributed by atoms with van der Waals surface area (Å²) in [5, 5.41) is 8.28. The molecule has 0 aliphatic heterocycles. The molecule has 0 fully saturated rings. The molecule has 1 N–H and O–H groups in total. The summed E-state index contributed by atoms with van der Waals surface area (Å²) in [7, 11) is 0. The molecule has 0 aromatic heterocycles. The first-order valence-corrected chi connectivity index (χ1v) is 4.08.